The molecule has 2 rings (SSSR count). The monoisotopic (exact) mass is 337 g/mol. The van der Waals surface area contributed by atoms with Gasteiger partial charge in [-0.15, -0.1) is 11.3 Å². The van der Waals surface area contributed by atoms with Gasteiger partial charge in [-0.25, -0.2) is 4.79 Å². The molecule has 0 bridgehead atoms. The summed E-state index contributed by atoms with van der Waals surface area (Å²) in [5.41, 5.74) is -0.546. The quantitative estimate of drug-likeness (QED) is 0.779. The molecule has 1 aromatic heterocycles. The molecule has 0 aromatic carbocycles. The van der Waals surface area contributed by atoms with Gasteiger partial charge < -0.3 is 14.4 Å². The van der Waals surface area contributed by atoms with E-state index in [-0.39, 0.29) is 24.3 Å². The molecule has 2 heterocycles. The average molecular weight is 337 g/mol. The maximum atomic E-state index is 13.0. The van der Waals surface area contributed by atoms with Gasteiger partial charge in [-0.1, -0.05) is 0 Å². The predicted octanol–water partition coefficient (Wildman–Crippen LogP) is 3.94. The number of fused-ring (bicyclic) bond motifs is 1. The van der Waals surface area contributed by atoms with Crippen LogP contribution in [-0.2, 0) is 17.3 Å². The average Bonchev–Trinajstić information content (AvgIpc) is 2.78. The summed E-state index contributed by atoms with van der Waals surface area (Å²) in [5.74, 6) is 0.256. The Morgan fingerprint density at radius 1 is 1.41 bits per heavy atom. The van der Waals surface area contributed by atoms with E-state index in [1.54, 1.807) is 20.8 Å². The van der Waals surface area contributed by atoms with Crippen molar-refractivity contribution in [3.05, 3.63) is 15.8 Å². The van der Waals surface area contributed by atoms with Crippen LogP contribution in [-0.4, -0.2) is 36.3 Å². The topological polar surface area (TPSA) is 38.8 Å². The first-order valence-corrected chi connectivity index (χ1v) is 7.63. The Balaban J connectivity index is 2.14. The maximum absolute atomic E-state index is 13.0. The molecule has 0 saturated heterocycles. The molecule has 0 spiro atoms. The van der Waals surface area contributed by atoms with Crippen molar-refractivity contribution in [1.82, 2.24) is 4.90 Å². The van der Waals surface area contributed by atoms with E-state index in [2.05, 4.69) is 0 Å². The highest BCUT2D eigenvalue weighted by atomic mass is 32.1. The van der Waals surface area contributed by atoms with Gasteiger partial charge in [-0.2, -0.15) is 13.2 Å². The zero-order valence-electron chi connectivity index (χ0n) is 12.8. The molecule has 22 heavy (non-hydrogen) atoms. The van der Waals surface area contributed by atoms with Crippen molar-refractivity contribution in [2.24, 2.45) is 0 Å². The van der Waals surface area contributed by atoms with Gasteiger partial charge in [0.25, 0.3) is 0 Å². The van der Waals surface area contributed by atoms with Gasteiger partial charge in [0.2, 0.25) is 0 Å². The number of halogens is 3. The van der Waals surface area contributed by atoms with Crippen LogP contribution in [0, 0.1) is 0 Å². The lowest BCUT2D eigenvalue weighted by Crippen LogP contribution is -2.46. The Labute approximate surface area is 130 Å². The van der Waals surface area contributed by atoms with Crippen molar-refractivity contribution in [3.8, 4) is 5.75 Å². The van der Waals surface area contributed by atoms with Crippen LogP contribution < -0.4 is 4.74 Å². The normalized spacial score (nSPS) is 18.4. The van der Waals surface area contributed by atoms with E-state index in [0.29, 0.717) is 11.3 Å². The highest BCUT2D eigenvalue weighted by molar-refractivity contribution is 7.10. The van der Waals surface area contributed by atoms with Crippen molar-refractivity contribution in [3.63, 3.8) is 0 Å². The number of thiophene rings is 1. The van der Waals surface area contributed by atoms with E-state index >= 15 is 0 Å². The number of carbonyl (C=O) groups is 1. The highest BCUT2D eigenvalue weighted by Gasteiger charge is 2.40. The lowest BCUT2D eigenvalue weighted by atomic mass is 10.0. The fraction of sp³-hybridized carbons (Fsp3) is 0.643. The van der Waals surface area contributed by atoms with Gasteiger partial charge >= 0.3 is 12.3 Å². The van der Waals surface area contributed by atoms with E-state index in [4.69, 9.17) is 9.47 Å². The van der Waals surface area contributed by atoms with Crippen LogP contribution in [0.3, 0.4) is 0 Å². The smallest absolute Gasteiger partial charge is 0.426 e. The second-order valence-corrected chi connectivity index (χ2v) is 7.05. The van der Waals surface area contributed by atoms with Crippen LogP contribution in [0.15, 0.2) is 5.38 Å². The summed E-state index contributed by atoms with van der Waals surface area (Å²) in [6.45, 7) is 5.34. The Hall–Kier alpha value is -1.44. The molecule has 1 aromatic rings. The van der Waals surface area contributed by atoms with Gasteiger partial charge in [0.1, 0.15) is 22.8 Å². The van der Waals surface area contributed by atoms with Crippen LogP contribution in [0.4, 0.5) is 18.0 Å². The van der Waals surface area contributed by atoms with Crippen LogP contribution in [0.25, 0.3) is 0 Å². The summed E-state index contributed by atoms with van der Waals surface area (Å²) in [7, 11) is 1.51. The molecule has 0 radical (unpaired) electrons. The molecular formula is C14H18F3NO3S. The number of alkyl halides is 3. The third-order valence-corrected chi connectivity index (χ3v) is 4.26. The highest BCUT2D eigenvalue weighted by Crippen LogP contribution is 2.43. The summed E-state index contributed by atoms with van der Waals surface area (Å²) in [4.78, 5) is 12.7. The molecule has 0 N–H and O–H groups in total. The van der Waals surface area contributed by atoms with Gasteiger partial charge in [-0.05, 0) is 20.8 Å². The van der Waals surface area contributed by atoms with Gasteiger partial charge in [0.15, 0.2) is 0 Å². The molecule has 0 aliphatic carbocycles. The minimum atomic E-state index is -4.41. The Kier molecular flexibility index (Phi) is 4.34. The summed E-state index contributed by atoms with van der Waals surface area (Å²) < 4.78 is 49.5. The first-order chi connectivity index (χ1) is 9.99. The molecular weight excluding hydrogens is 319 g/mol. The molecule has 0 fully saturated rings. The summed E-state index contributed by atoms with van der Waals surface area (Å²) >= 11 is 0.620. The van der Waals surface area contributed by atoms with Gasteiger partial charge in [-0.3, -0.25) is 0 Å². The predicted molar refractivity (Wildman–Crippen MR) is 76.3 cm³/mol. The SMILES string of the molecule is CN(C(=O)OC(C)(C)C)[C@H]1COc2csc(C(F)(F)F)c2C1. The van der Waals surface area contributed by atoms with Crippen molar-refractivity contribution in [1.29, 1.82) is 0 Å². The number of ether oxygens (including phenoxy) is 2. The number of rotatable bonds is 1. The first-order valence-electron chi connectivity index (χ1n) is 6.75. The lowest BCUT2D eigenvalue weighted by molar-refractivity contribution is -0.135. The van der Waals surface area contributed by atoms with Gasteiger partial charge in [0, 0.05) is 24.4 Å². The Morgan fingerprint density at radius 3 is 2.59 bits per heavy atom. The fourth-order valence-corrected chi connectivity index (χ4v) is 3.03. The molecule has 1 amide bonds. The van der Waals surface area contributed by atoms with Crippen LogP contribution >= 0.6 is 11.3 Å². The standard InChI is InChI=1S/C14H18F3NO3S/c1-13(2,3)21-12(19)18(4)8-5-9-10(20-6-8)7-22-11(9)14(15,16)17/h7-8H,5-6H2,1-4H3/t8-/m1/s1. The molecule has 124 valence electrons. The number of nitrogens with zero attached hydrogens (tertiary/aromatic N) is 1. The zero-order valence-corrected chi connectivity index (χ0v) is 13.6. The molecule has 0 saturated carbocycles. The van der Waals surface area contributed by atoms with Crippen LogP contribution in [0.2, 0.25) is 0 Å². The number of hydrogen-bond acceptors (Lipinski definition) is 4. The zero-order chi connectivity index (χ0) is 16.7. The number of hydrogen-bond donors (Lipinski definition) is 0. The molecule has 1 aliphatic heterocycles. The third kappa shape index (κ3) is 3.66. The summed E-state index contributed by atoms with van der Waals surface area (Å²) in [6.07, 6.45) is -4.88. The third-order valence-electron chi connectivity index (χ3n) is 3.21. The second-order valence-electron chi connectivity index (χ2n) is 6.17. The largest absolute Gasteiger partial charge is 0.490 e. The van der Waals surface area contributed by atoms with E-state index < -0.39 is 28.8 Å². The maximum Gasteiger partial charge on any atom is 0.426 e. The Bertz CT molecular complexity index is 563. The summed E-state index contributed by atoms with van der Waals surface area (Å²) in [5, 5.41) is 1.36. The number of carbonyl (C=O) groups excluding carboxylic acids is 1. The van der Waals surface area contributed by atoms with Gasteiger partial charge in [0.05, 0.1) is 6.04 Å². The minimum Gasteiger partial charge on any atom is -0.490 e. The van der Waals surface area contributed by atoms with Crippen molar-refractivity contribution < 1.29 is 27.4 Å². The van der Waals surface area contributed by atoms with Crippen molar-refractivity contribution in [2.75, 3.05) is 13.7 Å². The molecule has 1 aliphatic rings. The van der Waals surface area contributed by atoms with E-state index in [9.17, 15) is 18.0 Å². The molecule has 8 heteroatoms. The number of likely N-dealkylation sites (N-methyl/N-ethyl adjacent to an activating group) is 1. The number of amides is 1. The van der Waals surface area contributed by atoms with E-state index in [1.165, 1.54) is 17.3 Å². The van der Waals surface area contributed by atoms with Crippen molar-refractivity contribution >= 4 is 17.4 Å². The lowest BCUT2D eigenvalue weighted by Gasteiger charge is -2.33. The molecule has 0 unspecified atom stereocenters. The van der Waals surface area contributed by atoms with Crippen LogP contribution in [0.1, 0.15) is 31.2 Å². The Morgan fingerprint density at radius 2 is 2.05 bits per heavy atom. The minimum absolute atomic E-state index is 0.101. The second kappa shape index (κ2) is 5.64. The van der Waals surface area contributed by atoms with Crippen LogP contribution in [0.5, 0.6) is 5.75 Å². The van der Waals surface area contributed by atoms with E-state index in [0.717, 1.165) is 0 Å². The van der Waals surface area contributed by atoms with E-state index in [1.807, 2.05) is 0 Å². The summed E-state index contributed by atoms with van der Waals surface area (Å²) in [6, 6.07) is -0.488. The van der Waals surface area contributed by atoms with Crippen molar-refractivity contribution in [2.45, 2.75) is 45.0 Å². The molecule has 1 atom stereocenters. The molecule has 4 nitrogen and oxygen atoms in total. The fourth-order valence-electron chi connectivity index (χ4n) is 2.13. The first kappa shape index (κ1) is 16.9.